The third-order valence-electron chi connectivity index (χ3n) is 6.81. The lowest BCUT2D eigenvalue weighted by atomic mass is 9.81. The molecule has 0 bridgehead atoms. The van der Waals surface area contributed by atoms with E-state index in [1.165, 1.54) is 12.8 Å². The first kappa shape index (κ1) is 20.8. The number of fused-ring (bicyclic) bond motifs is 1. The number of oxime groups is 1. The number of aromatic amines is 1. The molecule has 166 valence electrons. The predicted molar refractivity (Wildman–Crippen MR) is 128 cm³/mol. The summed E-state index contributed by atoms with van der Waals surface area (Å²) >= 11 is 0. The van der Waals surface area contributed by atoms with Crippen LogP contribution in [-0.4, -0.2) is 29.3 Å². The molecule has 1 aromatic heterocycles. The number of aryl methyl sites for hydroxylation is 1. The molecule has 2 saturated carbocycles. The molecule has 2 aromatic carbocycles. The zero-order valence-corrected chi connectivity index (χ0v) is 18.6. The van der Waals surface area contributed by atoms with Crippen molar-refractivity contribution in [3.05, 3.63) is 71.4 Å². The van der Waals surface area contributed by atoms with Crippen molar-refractivity contribution < 1.29 is 9.63 Å². The maximum Gasteiger partial charge on any atom is 0.253 e. The van der Waals surface area contributed by atoms with Crippen LogP contribution in [0.2, 0.25) is 0 Å². The maximum absolute atomic E-state index is 13.1. The summed E-state index contributed by atoms with van der Waals surface area (Å²) in [6.45, 7) is 2.70. The molecule has 2 aliphatic carbocycles. The summed E-state index contributed by atoms with van der Waals surface area (Å²) < 4.78 is 0. The number of benzene rings is 2. The van der Waals surface area contributed by atoms with Gasteiger partial charge in [0.1, 0.15) is 6.61 Å². The van der Waals surface area contributed by atoms with Gasteiger partial charge >= 0.3 is 0 Å². The van der Waals surface area contributed by atoms with Crippen molar-refractivity contribution in [1.29, 1.82) is 0 Å². The van der Waals surface area contributed by atoms with E-state index < -0.39 is 0 Å². The van der Waals surface area contributed by atoms with E-state index in [-0.39, 0.29) is 11.9 Å². The minimum absolute atomic E-state index is 0.0214. The summed E-state index contributed by atoms with van der Waals surface area (Å²) in [5, 5.41) is 8.87. The highest BCUT2D eigenvalue weighted by Crippen LogP contribution is 2.31. The summed E-state index contributed by atoms with van der Waals surface area (Å²) in [6, 6.07) is 18.6. The lowest BCUT2D eigenvalue weighted by molar-refractivity contribution is 0.0925. The Bertz CT molecular complexity index is 1110. The van der Waals surface area contributed by atoms with Gasteiger partial charge in [0.2, 0.25) is 0 Å². The van der Waals surface area contributed by atoms with Crippen molar-refractivity contribution in [3.8, 4) is 0 Å². The Labute approximate surface area is 189 Å². The number of H-pyrrole nitrogens is 1. The summed E-state index contributed by atoms with van der Waals surface area (Å²) in [5.74, 6) is 1.07. The van der Waals surface area contributed by atoms with Crippen molar-refractivity contribution in [3.63, 3.8) is 0 Å². The first-order chi connectivity index (χ1) is 15.7. The lowest BCUT2D eigenvalue weighted by Crippen LogP contribution is -2.39. The van der Waals surface area contributed by atoms with Gasteiger partial charge in [0.05, 0.1) is 11.3 Å². The molecule has 0 unspecified atom stereocenters. The molecule has 5 rings (SSSR count). The van der Waals surface area contributed by atoms with Gasteiger partial charge in [-0.05, 0) is 63.0 Å². The van der Waals surface area contributed by atoms with E-state index >= 15 is 0 Å². The molecule has 0 aliphatic heterocycles. The Morgan fingerprint density at radius 3 is 2.47 bits per heavy atom. The summed E-state index contributed by atoms with van der Waals surface area (Å²) in [7, 11) is 0. The lowest BCUT2D eigenvalue weighted by Gasteiger charge is -2.30. The van der Waals surface area contributed by atoms with Gasteiger partial charge in [0.25, 0.3) is 5.91 Å². The number of hydrogen-bond donors (Lipinski definition) is 2. The topological polar surface area (TPSA) is 66.5 Å². The van der Waals surface area contributed by atoms with Crippen LogP contribution in [0.4, 0.5) is 0 Å². The Hall–Kier alpha value is -3.08. The zero-order valence-electron chi connectivity index (χ0n) is 18.6. The van der Waals surface area contributed by atoms with E-state index in [0.717, 1.165) is 65.7 Å². The molecule has 1 amide bonds. The molecule has 32 heavy (non-hydrogen) atoms. The fourth-order valence-corrected chi connectivity index (χ4v) is 4.81. The van der Waals surface area contributed by atoms with E-state index in [0.29, 0.717) is 11.8 Å². The predicted octanol–water partition coefficient (Wildman–Crippen LogP) is 5.60. The molecule has 3 aromatic rings. The second-order valence-corrected chi connectivity index (χ2v) is 9.27. The van der Waals surface area contributed by atoms with Gasteiger partial charge in [-0.3, -0.25) is 4.79 Å². The molecule has 0 saturated heterocycles. The Morgan fingerprint density at radius 2 is 1.72 bits per heavy atom. The largest absolute Gasteiger partial charge is 0.395 e. The van der Waals surface area contributed by atoms with Gasteiger partial charge in [0.15, 0.2) is 0 Å². The van der Waals surface area contributed by atoms with Gasteiger partial charge in [-0.25, -0.2) is 0 Å². The molecule has 0 spiro atoms. The SMILES string of the molecule is Cc1[nH]c2ccccc2c1C(=O)NC1CCC(/C(=N\OCC2CC2)c2ccccc2)CC1. The average Bonchev–Trinajstić information content (AvgIpc) is 3.57. The molecular formula is C27H31N3O2. The highest BCUT2D eigenvalue weighted by Gasteiger charge is 2.29. The first-order valence-corrected chi connectivity index (χ1v) is 11.8. The zero-order chi connectivity index (χ0) is 21.9. The van der Waals surface area contributed by atoms with Gasteiger partial charge in [0, 0.05) is 28.6 Å². The number of para-hydroxylation sites is 1. The number of carbonyl (C=O) groups is 1. The van der Waals surface area contributed by atoms with Crippen molar-refractivity contribution in [2.75, 3.05) is 6.61 Å². The standard InChI is InChI=1S/C27H31N3O2/c1-18-25(23-9-5-6-10-24(23)28-18)27(31)29-22-15-13-21(14-16-22)26(20-7-3-2-4-8-20)30-32-17-19-11-12-19/h2-10,19,21-22,28H,11-17H2,1H3,(H,29,31)/b30-26-. The van der Waals surface area contributed by atoms with Crippen molar-refractivity contribution >= 4 is 22.5 Å². The quantitative estimate of drug-likeness (QED) is 0.379. The minimum Gasteiger partial charge on any atom is -0.395 e. The monoisotopic (exact) mass is 429 g/mol. The number of rotatable bonds is 7. The van der Waals surface area contributed by atoms with E-state index in [1.54, 1.807) is 0 Å². The van der Waals surface area contributed by atoms with Crippen LogP contribution in [-0.2, 0) is 4.84 Å². The average molecular weight is 430 g/mol. The molecule has 2 N–H and O–H groups in total. The highest BCUT2D eigenvalue weighted by molar-refractivity contribution is 6.08. The number of hydrogen-bond acceptors (Lipinski definition) is 3. The van der Waals surface area contributed by atoms with E-state index in [4.69, 9.17) is 4.84 Å². The third-order valence-corrected chi connectivity index (χ3v) is 6.81. The van der Waals surface area contributed by atoms with Crippen LogP contribution in [0.15, 0.2) is 59.8 Å². The summed E-state index contributed by atoms with van der Waals surface area (Å²) in [4.78, 5) is 22.1. The fraction of sp³-hybridized carbons (Fsp3) is 0.407. The normalized spacial score (nSPS) is 21.5. The Balaban J connectivity index is 1.24. The van der Waals surface area contributed by atoms with E-state index in [9.17, 15) is 4.79 Å². The number of nitrogens with one attached hydrogen (secondary N) is 2. The second-order valence-electron chi connectivity index (χ2n) is 9.27. The van der Waals surface area contributed by atoms with Gasteiger partial charge in [-0.15, -0.1) is 0 Å². The summed E-state index contributed by atoms with van der Waals surface area (Å²) in [5.41, 5.74) is 4.90. The van der Waals surface area contributed by atoms with Crippen LogP contribution in [0, 0.1) is 18.8 Å². The van der Waals surface area contributed by atoms with Crippen LogP contribution < -0.4 is 5.32 Å². The number of amides is 1. The molecule has 5 heteroatoms. The first-order valence-electron chi connectivity index (χ1n) is 11.8. The van der Waals surface area contributed by atoms with E-state index in [1.807, 2.05) is 37.3 Å². The summed E-state index contributed by atoms with van der Waals surface area (Å²) in [6.07, 6.45) is 6.42. The van der Waals surface area contributed by atoms with Crippen LogP contribution in [0.25, 0.3) is 10.9 Å². The molecular weight excluding hydrogens is 398 g/mol. The van der Waals surface area contributed by atoms with Crippen molar-refractivity contribution in [2.45, 2.75) is 51.5 Å². The highest BCUT2D eigenvalue weighted by atomic mass is 16.6. The number of carbonyl (C=O) groups excluding carboxylic acids is 1. The smallest absolute Gasteiger partial charge is 0.253 e. The van der Waals surface area contributed by atoms with Crippen LogP contribution >= 0.6 is 0 Å². The molecule has 0 atom stereocenters. The van der Waals surface area contributed by atoms with Crippen LogP contribution in [0.3, 0.4) is 0 Å². The van der Waals surface area contributed by atoms with Crippen molar-refractivity contribution in [2.24, 2.45) is 17.0 Å². The molecule has 0 radical (unpaired) electrons. The van der Waals surface area contributed by atoms with E-state index in [2.05, 4.69) is 39.7 Å². The minimum atomic E-state index is 0.0214. The van der Waals surface area contributed by atoms with Gasteiger partial charge < -0.3 is 15.1 Å². The van der Waals surface area contributed by atoms with Crippen LogP contribution in [0.1, 0.15) is 60.1 Å². The third kappa shape index (κ3) is 4.57. The molecule has 5 nitrogen and oxygen atoms in total. The second kappa shape index (κ2) is 9.19. The number of aromatic nitrogens is 1. The Morgan fingerprint density at radius 1 is 1.00 bits per heavy atom. The van der Waals surface area contributed by atoms with Crippen LogP contribution in [0.5, 0.6) is 0 Å². The Kier molecular flexibility index (Phi) is 5.97. The fourth-order valence-electron chi connectivity index (χ4n) is 4.81. The van der Waals surface area contributed by atoms with Gasteiger partial charge in [-0.1, -0.05) is 53.7 Å². The molecule has 2 aliphatic rings. The number of nitrogens with zero attached hydrogens (tertiary/aromatic N) is 1. The molecule has 1 heterocycles. The maximum atomic E-state index is 13.1. The van der Waals surface area contributed by atoms with Crippen molar-refractivity contribution in [1.82, 2.24) is 10.3 Å². The molecule has 2 fully saturated rings. The van der Waals surface area contributed by atoms with Gasteiger partial charge in [-0.2, -0.15) is 0 Å².